The van der Waals surface area contributed by atoms with Crippen LogP contribution in [-0.2, 0) is 10.0 Å². The summed E-state index contributed by atoms with van der Waals surface area (Å²) in [4.78, 5) is 15.0. The molecule has 0 fully saturated rings. The summed E-state index contributed by atoms with van der Waals surface area (Å²) in [6.07, 6.45) is -0.332. The number of hydrogen-bond acceptors (Lipinski definition) is 7. The molecule has 0 bridgehead atoms. The minimum absolute atomic E-state index is 0.0498. The highest BCUT2D eigenvalue weighted by Gasteiger charge is 2.34. The minimum Gasteiger partial charge on any atom is -0.497 e. The first-order valence-corrected chi connectivity index (χ1v) is 12.2. The van der Waals surface area contributed by atoms with Crippen LogP contribution in [0.1, 0.15) is 24.2 Å². The molecule has 0 saturated heterocycles. The number of para-hydroxylation sites is 1. The third kappa shape index (κ3) is 5.40. The van der Waals surface area contributed by atoms with Crippen molar-refractivity contribution in [3.8, 4) is 11.5 Å². The molecule has 0 saturated carbocycles. The molecule has 3 N–H and O–H groups in total. The number of ether oxygens (including phenoxy) is 2. The summed E-state index contributed by atoms with van der Waals surface area (Å²) in [5.41, 5.74) is 0.404. The van der Waals surface area contributed by atoms with Gasteiger partial charge in [-0.05, 0) is 50.4 Å². The van der Waals surface area contributed by atoms with Crippen LogP contribution in [0.2, 0.25) is 0 Å². The molecule has 9 nitrogen and oxygen atoms in total. The monoisotopic (exact) mass is 477 g/mol. The van der Waals surface area contributed by atoms with Crippen molar-refractivity contribution >= 4 is 21.6 Å². The van der Waals surface area contributed by atoms with Crippen LogP contribution >= 0.6 is 0 Å². The Kier molecular flexibility index (Phi) is 7.83. The van der Waals surface area contributed by atoms with Crippen LogP contribution in [0.5, 0.6) is 11.5 Å². The highest BCUT2D eigenvalue weighted by molar-refractivity contribution is 7.92. The first kappa shape index (κ1) is 24.8. The molecule has 0 aliphatic carbocycles. The van der Waals surface area contributed by atoms with E-state index in [2.05, 4.69) is 10.0 Å². The Balaban J connectivity index is 2.06. The highest BCUT2D eigenvalue weighted by Crippen LogP contribution is 2.36. The summed E-state index contributed by atoms with van der Waals surface area (Å²) < 4.78 is 40.0. The lowest BCUT2D eigenvalue weighted by molar-refractivity contribution is 0.0417. The van der Waals surface area contributed by atoms with E-state index in [0.717, 1.165) is 0 Å². The standard InChI is InChI=1S/C23H31N3O6S/c1-15-13-26(16(2)14-27)23(28)19-6-5-7-20(22(19)32-21(15)12-24-3)25-33(29,30)18-10-8-17(31-4)9-11-18/h5-11,15-16,21,24-25,27H,12-14H2,1-4H3/t15-,16-,21+/m0/s1. The molecular formula is C23H31N3O6S. The van der Waals surface area contributed by atoms with E-state index in [1.54, 1.807) is 49.2 Å². The Morgan fingerprint density at radius 1 is 1.24 bits per heavy atom. The average molecular weight is 478 g/mol. The number of nitrogens with zero attached hydrogens (tertiary/aromatic N) is 1. The number of aliphatic hydroxyl groups is 1. The first-order chi connectivity index (χ1) is 15.7. The fourth-order valence-corrected chi connectivity index (χ4v) is 4.79. The number of anilines is 1. The molecule has 0 radical (unpaired) electrons. The minimum atomic E-state index is -3.95. The number of aliphatic hydroxyl groups excluding tert-OH is 1. The van der Waals surface area contributed by atoms with Crippen molar-refractivity contribution in [1.29, 1.82) is 0 Å². The van der Waals surface area contributed by atoms with Gasteiger partial charge in [0, 0.05) is 19.0 Å². The van der Waals surface area contributed by atoms with Crippen LogP contribution in [0.3, 0.4) is 0 Å². The van der Waals surface area contributed by atoms with Crippen molar-refractivity contribution in [1.82, 2.24) is 10.2 Å². The van der Waals surface area contributed by atoms with Crippen molar-refractivity contribution < 1.29 is 27.8 Å². The van der Waals surface area contributed by atoms with Gasteiger partial charge >= 0.3 is 0 Å². The molecule has 33 heavy (non-hydrogen) atoms. The van der Waals surface area contributed by atoms with Gasteiger partial charge in [-0.3, -0.25) is 9.52 Å². The van der Waals surface area contributed by atoms with Crippen LogP contribution in [0.15, 0.2) is 47.4 Å². The Labute approximate surface area is 194 Å². The molecule has 1 aliphatic heterocycles. The van der Waals surface area contributed by atoms with E-state index in [0.29, 0.717) is 18.8 Å². The molecule has 10 heteroatoms. The molecule has 0 unspecified atom stereocenters. The normalized spacial score (nSPS) is 19.7. The van der Waals surface area contributed by atoms with Crippen LogP contribution in [-0.4, -0.2) is 70.3 Å². The number of amides is 1. The summed E-state index contributed by atoms with van der Waals surface area (Å²) in [5, 5.41) is 12.8. The van der Waals surface area contributed by atoms with Gasteiger partial charge in [0.2, 0.25) is 0 Å². The lowest BCUT2D eigenvalue weighted by Crippen LogP contribution is -2.49. The predicted octanol–water partition coefficient (Wildman–Crippen LogP) is 1.94. The molecule has 180 valence electrons. The Hall–Kier alpha value is -2.82. The molecule has 0 spiro atoms. The summed E-state index contributed by atoms with van der Waals surface area (Å²) >= 11 is 0. The van der Waals surface area contributed by atoms with E-state index in [1.165, 1.54) is 19.2 Å². The maximum absolute atomic E-state index is 13.4. The Morgan fingerprint density at radius 3 is 2.55 bits per heavy atom. The number of nitrogens with one attached hydrogen (secondary N) is 2. The van der Waals surface area contributed by atoms with Crippen molar-refractivity contribution in [3.63, 3.8) is 0 Å². The summed E-state index contributed by atoms with van der Waals surface area (Å²) in [7, 11) is -0.654. The number of sulfonamides is 1. The summed E-state index contributed by atoms with van der Waals surface area (Å²) in [6, 6.07) is 10.4. The predicted molar refractivity (Wildman–Crippen MR) is 125 cm³/mol. The molecule has 3 atom stereocenters. The SMILES string of the molecule is CNC[C@H]1Oc2c(NS(=O)(=O)c3ccc(OC)cc3)cccc2C(=O)N([C@@H](C)CO)C[C@@H]1C. The summed E-state index contributed by atoms with van der Waals surface area (Å²) in [5.74, 6) is 0.304. The van der Waals surface area contributed by atoms with Gasteiger partial charge < -0.3 is 24.8 Å². The number of likely N-dealkylation sites (N-methyl/N-ethyl adjacent to an activating group) is 1. The third-order valence-corrected chi connectivity index (χ3v) is 7.09. The van der Waals surface area contributed by atoms with E-state index < -0.39 is 16.1 Å². The smallest absolute Gasteiger partial charge is 0.262 e. The second-order valence-electron chi connectivity index (χ2n) is 8.14. The van der Waals surface area contributed by atoms with Crippen LogP contribution in [0, 0.1) is 5.92 Å². The molecule has 0 aromatic heterocycles. The fourth-order valence-electron chi connectivity index (χ4n) is 3.73. The van der Waals surface area contributed by atoms with Gasteiger partial charge in [0.05, 0.1) is 35.9 Å². The van der Waals surface area contributed by atoms with Gasteiger partial charge in [0.15, 0.2) is 5.75 Å². The zero-order chi connectivity index (χ0) is 24.2. The van der Waals surface area contributed by atoms with E-state index in [-0.39, 0.29) is 46.4 Å². The first-order valence-electron chi connectivity index (χ1n) is 10.7. The average Bonchev–Trinajstić information content (AvgIpc) is 2.81. The maximum Gasteiger partial charge on any atom is 0.262 e. The van der Waals surface area contributed by atoms with Gasteiger partial charge in [-0.15, -0.1) is 0 Å². The molecular weight excluding hydrogens is 446 g/mol. The summed E-state index contributed by atoms with van der Waals surface area (Å²) in [6.45, 7) is 4.44. The van der Waals surface area contributed by atoms with E-state index in [9.17, 15) is 18.3 Å². The topological polar surface area (TPSA) is 117 Å². The van der Waals surface area contributed by atoms with Crippen LogP contribution in [0.4, 0.5) is 5.69 Å². The quantitative estimate of drug-likeness (QED) is 0.532. The number of hydrogen-bond donors (Lipinski definition) is 3. The molecule has 1 heterocycles. The van der Waals surface area contributed by atoms with Crippen molar-refractivity contribution in [2.75, 3.05) is 38.6 Å². The molecule has 3 rings (SSSR count). The van der Waals surface area contributed by atoms with Gasteiger partial charge in [0.1, 0.15) is 11.9 Å². The van der Waals surface area contributed by atoms with Crippen molar-refractivity contribution in [2.24, 2.45) is 5.92 Å². The number of carbonyl (C=O) groups excluding carboxylic acids is 1. The molecule has 1 aliphatic rings. The van der Waals surface area contributed by atoms with Gasteiger partial charge in [0.25, 0.3) is 15.9 Å². The fraction of sp³-hybridized carbons (Fsp3) is 0.435. The second-order valence-corrected chi connectivity index (χ2v) is 9.83. The Bertz CT molecular complexity index is 1070. The number of rotatable bonds is 8. The van der Waals surface area contributed by atoms with Crippen molar-refractivity contribution in [3.05, 3.63) is 48.0 Å². The largest absolute Gasteiger partial charge is 0.497 e. The zero-order valence-corrected chi connectivity index (χ0v) is 20.1. The van der Waals surface area contributed by atoms with Crippen molar-refractivity contribution in [2.45, 2.75) is 30.9 Å². The lowest BCUT2D eigenvalue weighted by atomic mass is 9.99. The number of methoxy groups -OCH3 is 1. The van der Waals surface area contributed by atoms with Crippen LogP contribution < -0.4 is 19.5 Å². The Morgan fingerprint density at radius 2 is 1.94 bits per heavy atom. The van der Waals surface area contributed by atoms with E-state index >= 15 is 0 Å². The van der Waals surface area contributed by atoms with Gasteiger partial charge in [-0.1, -0.05) is 13.0 Å². The zero-order valence-electron chi connectivity index (χ0n) is 19.2. The number of benzene rings is 2. The van der Waals surface area contributed by atoms with Gasteiger partial charge in [-0.2, -0.15) is 0 Å². The van der Waals surface area contributed by atoms with Gasteiger partial charge in [-0.25, -0.2) is 8.42 Å². The second kappa shape index (κ2) is 10.4. The number of fused-ring (bicyclic) bond motifs is 1. The number of carbonyl (C=O) groups is 1. The molecule has 1 amide bonds. The lowest BCUT2D eigenvalue weighted by Gasteiger charge is -2.37. The highest BCUT2D eigenvalue weighted by atomic mass is 32.2. The molecule has 2 aromatic carbocycles. The molecule has 2 aromatic rings. The maximum atomic E-state index is 13.4. The third-order valence-electron chi connectivity index (χ3n) is 5.71. The van der Waals surface area contributed by atoms with E-state index in [4.69, 9.17) is 9.47 Å². The van der Waals surface area contributed by atoms with Crippen LogP contribution in [0.25, 0.3) is 0 Å². The van der Waals surface area contributed by atoms with E-state index in [1.807, 2.05) is 6.92 Å².